The quantitative estimate of drug-likeness (QED) is 0.802. The number of amides is 1. The van der Waals surface area contributed by atoms with Crippen LogP contribution in [-0.2, 0) is 4.79 Å². The van der Waals surface area contributed by atoms with E-state index in [9.17, 15) is 4.79 Å². The van der Waals surface area contributed by atoms with Crippen molar-refractivity contribution in [2.45, 2.75) is 65.3 Å². The number of aryl methyl sites for hydroxylation is 1. The van der Waals surface area contributed by atoms with Gasteiger partial charge in [0.25, 0.3) is 0 Å². The van der Waals surface area contributed by atoms with Gasteiger partial charge in [0.1, 0.15) is 6.04 Å². The molecule has 1 amide bonds. The van der Waals surface area contributed by atoms with Gasteiger partial charge in [-0.15, -0.1) is 0 Å². The zero-order valence-corrected chi connectivity index (χ0v) is 12.8. The van der Waals surface area contributed by atoms with Crippen LogP contribution in [0.3, 0.4) is 0 Å². The van der Waals surface area contributed by atoms with E-state index in [1.165, 1.54) is 0 Å². The fourth-order valence-corrected chi connectivity index (χ4v) is 3.06. The smallest absolute Gasteiger partial charge is 0.249 e. The Morgan fingerprint density at radius 2 is 2.10 bits per heavy atom. The maximum absolute atomic E-state index is 12.8. The van der Waals surface area contributed by atoms with Crippen molar-refractivity contribution in [3.05, 3.63) is 11.7 Å². The van der Waals surface area contributed by atoms with E-state index in [2.05, 4.69) is 24.0 Å². The SMILES string of the molecule is CCCC(CCC)C(=O)N1CCCC1c1nc(C)no1. The van der Waals surface area contributed by atoms with Crippen molar-refractivity contribution in [3.8, 4) is 0 Å². The van der Waals surface area contributed by atoms with Crippen LogP contribution in [0.1, 0.15) is 70.1 Å². The third-order valence-corrected chi connectivity index (χ3v) is 3.99. The Kier molecular flexibility index (Phi) is 5.15. The number of hydrogen-bond donors (Lipinski definition) is 0. The lowest BCUT2D eigenvalue weighted by Gasteiger charge is -2.26. The van der Waals surface area contributed by atoms with Crippen LogP contribution in [0.5, 0.6) is 0 Å². The predicted octanol–water partition coefficient (Wildman–Crippen LogP) is 3.26. The number of carbonyl (C=O) groups is 1. The van der Waals surface area contributed by atoms with Gasteiger partial charge < -0.3 is 9.42 Å². The number of carbonyl (C=O) groups excluding carboxylic acids is 1. The Morgan fingerprint density at radius 3 is 2.65 bits per heavy atom. The minimum Gasteiger partial charge on any atom is -0.337 e. The molecule has 1 saturated heterocycles. The summed E-state index contributed by atoms with van der Waals surface area (Å²) in [4.78, 5) is 19.0. The van der Waals surface area contributed by atoms with E-state index in [4.69, 9.17) is 4.52 Å². The van der Waals surface area contributed by atoms with Gasteiger partial charge in [0.15, 0.2) is 5.82 Å². The molecule has 1 unspecified atom stereocenters. The van der Waals surface area contributed by atoms with Crippen molar-refractivity contribution >= 4 is 5.91 Å². The van der Waals surface area contributed by atoms with Crippen LogP contribution < -0.4 is 0 Å². The van der Waals surface area contributed by atoms with E-state index in [1.807, 2.05) is 11.8 Å². The summed E-state index contributed by atoms with van der Waals surface area (Å²) < 4.78 is 5.27. The molecule has 0 saturated carbocycles. The molecule has 0 aromatic carbocycles. The molecule has 112 valence electrons. The molecule has 5 nitrogen and oxygen atoms in total. The summed E-state index contributed by atoms with van der Waals surface area (Å²) in [7, 11) is 0. The first-order chi connectivity index (χ1) is 9.67. The Labute approximate surface area is 120 Å². The first-order valence-electron chi connectivity index (χ1n) is 7.78. The van der Waals surface area contributed by atoms with Crippen molar-refractivity contribution in [1.29, 1.82) is 0 Å². The molecule has 0 spiro atoms. The molecule has 0 bridgehead atoms. The molecule has 2 heterocycles. The second kappa shape index (κ2) is 6.86. The van der Waals surface area contributed by atoms with Gasteiger partial charge >= 0.3 is 0 Å². The van der Waals surface area contributed by atoms with Gasteiger partial charge in [0.2, 0.25) is 11.8 Å². The highest BCUT2D eigenvalue weighted by Crippen LogP contribution is 2.33. The molecule has 0 aliphatic carbocycles. The van der Waals surface area contributed by atoms with Gasteiger partial charge in [-0.2, -0.15) is 4.98 Å². The van der Waals surface area contributed by atoms with Crippen molar-refractivity contribution in [3.63, 3.8) is 0 Å². The highest BCUT2D eigenvalue weighted by molar-refractivity contribution is 5.79. The molecule has 5 heteroatoms. The lowest BCUT2D eigenvalue weighted by Crippen LogP contribution is -2.36. The molecule has 1 atom stereocenters. The Balaban J connectivity index is 2.10. The van der Waals surface area contributed by atoms with E-state index in [0.717, 1.165) is 45.1 Å². The summed E-state index contributed by atoms with van der Waals surface area (Å²) in [5.41, 5.74) is 0. The van der Waals surface area contributed by atoms with Crippen LogP contribution in [0, 0.1) is 12.8 Å². The number of hydrogen-bond acceptors (Lipinski definition) is 4. The van der Waals surface area contributed by atoms with Gasteiger partial charge in [-0.3, -0.25) is 4.79 Å². The standard InChI is InChI=1S/C15H25N3O2/c1-4-7-12(8-5-2)15(19)18-10-6-9-13(18)14-16-11(3)17-20-14/h12-13H,4-10H2,1-3H3. The van der Waals surface area contributed by atoms with Gasteiger partial charge in [0, 0.05) is 12.5 Å². The number of aromatic nitrogens is 2. The topological polar surface area (TPSA) is 59.2 Å². The average Bonchev–Trinajstić information content (AvgIpc) is 3.05. The maximum Gasteiger partial charge on any atom is 0.249 e. The molecule has 1 aliphatic rings. The lowest BCUT2D eigenvalue weighted by molar-refractivity contribution is -0.137. The summed E-state index contributed by atoms with van der Waals surface area (Å²) >= 11 is 0. The molecule has 0 N–H and O–H groups in total. The average molecular weight is 279 g/mol. The van der Waals surface area contributed by atoms with E-state index in [0.29, 0.717) is 11.7 Å². The third kappa shape index (κ3) is 3.19. The zero-order valence-electron chi connectivity index (χ0n) is 12.8. The molecule has 20 heavy (non-hydrogen) atoms. The molecular weight excluding hydrogens is 254 g/mol. The second-order valence-corrected chi connectivity index (χ2v) is 5.64. The third-order valence-electron chi connectivity index (χ3n) is 3.99. The van der Waals surface area contributed by atoms with E-state index in [1.54, 1.807) is 0 Å². The van der Waals surface area contributed by atoms with Crippen molar-refractivity contribution in [2.75, 3.05) is 6.54 Å². The van der Waals surface area contributed by atoms with Gasteiger partial charge in [-0.05, 0) is 32.6 Å². The van der Waals surface area contributed by atoms with Crippen molar-refractivity contribution in [1.82, 2.24) is 15.0 Å². The Hall–Kier alpha value is -1.39. The lowest BCUT2D eigenvalue weighted by atomic mass is 9.96. The summed E-state index contributed by atoms with van der Waals surface area (Å²) in [5, 5.41) is 3.85. The van der Waals surface area contributed by atoms with E-state index < -0.39 is 0 Å². The predicted molar refractivity (Wildman–Crippen MR) is 76.0 cm³/mol. The molecule has 0 radical (unpaired) electrons. The Morgan fingerprint density at radius 1 is 1.40 bits per heavy atom. The largest absolute Gasteiger partial charge is 0.337 e. The number of rotatable bonds is 6. The number of nitrogens with zero attached hydrogens (tertiary/aromatic N) is 3. The van der Waals surface area contributed by atoms with Crippen LogP contribution in [0.2, 0.25) is 0 Å². The first kappa shape index (κ1) is 15.0. The molecule has 1 aliphatic heterocycles. The van der Waals surface area contributed by atoms with Crippen LogP contribution in [0.15, 0.2) is 4.52 Å². The maximum atomic E-state index is 12.8. The van der Waals surface area contributed by atoms with Crippen LogP contribution in [-0.4, -0.2) is 27.5 Å². The molecular formula is C15H25N3O2. The van der Waals surface area contributed by atoms with Crippen LogP contribution in [0.25, 0.3) is 0 Å². The summed E-state index contributed by atoms with van der Waals surface area (Å²) in [5.74, 6) is 1.65. The monoisotopic (exact) mass is 279 g/mol. The normalized spacial score (nSPS) is 19.0. The first-order valence-corrected chi connectivity index (χ1v) is 7.78. The van der Waals surface area contributed by atoms with E-state index in [-0.39, 0.29) is 17.9 Å². The second-order valence-electron chi connectivity index (χ2n) is 5.64. The fourth-order valence-electron chi connectivity index (χ4n) is 3.06. The minimum absolute atomic E-state index is 0.0140. The summed E-state index contributed by atoms with van der Waals surface area (Å²) in [6, 6.07) is -0.0140. The van der Waals surface area contributed by atoms with Crippen LogP contribution >= 0.6 is 0 Å². The number of likely N-dealkylation sites (tertiary alicyclic amines) is 1. The van der Waals surface area contributed by atoms with Gasteiger partial charge in [0.05, 0.1) is 0 Å². The molecule has 1 aromatic rings. The van der Waals surface area contributed by atoms with Gasteiger partial charge in [-0.1, -0.05) is 31.8 Å². The molecule has 1 fully saturated rings. The van der Waals surface area contributed by atoms with Crippen molar-refractivity contribution < 1.29 is 9.32 Å². The van der Waals surface area contributed by atoms with Crippen LogP contribution in [0.4, 0.5) is 0 Å². The molecule has 2 rings (SSSR count). The minimum atomic E-state index is -0.0140. The molecule has 1 aromatic heterocycles. The Bertz CT molecular complexity index is 438. The summed E-state index contributed by atoms with van der Waals surface area (Å²) in [6.45, 7) is 6.90. The van der Waals surface area contributed by atoms with Gasteiger partial charge in [-0.25, -0.2) is 0 Å². The zero-order chi connectivity index (χ0) is 14.5. The van der Waals surface area contributed by atoms with E-state index >= 15 is 0 Å². The highest BCUT2D eigenvalue weighted by Gasteiger charge is 2.36. The van der Waals surface area contributed by atoms with Crippen molar-refractivity contribution in [2.24, 2.45) is 5.92 Å². The highest BCUT2D eigenvalue weighted by atomic mass is 16.5. The fraction of sp³-hybridized carbons (Fsp3) is 0.800. The summed E-state index contributed by atoms with van der Waals surface area (Å²) in [6.07, 6.45) is 5.99.